The summed E-state index contributed by atoms with van der Waals surface area (Å²) in [6.45, 7) is -0.0840. The lowest BCUT2D eigenvalue weighted by atomic mass is 10.2. The first-order valence-electron chi connectivity index (χ1n) is 3.30. The van der Waals surface area contributed by atoms with Crippen LogP contribution in [0.4, 0.5) is 0 Å². The third-order valence-electron chi connectivity index (χ3n) is 1.22. The van der Waals surface area contributed by atoms with E-state index in [4.69, 9.17) is 10.8 Å². The van der Waals surface area contributed by atoms with Crippen LogP contribution in [0, 0.1) is 6.42 Å². The molecule has 1 aromatic heterocycles. The number of carbonyl (C=O) groups excluding carboxylic acids is 1. The monoisotopic (exact) mass is 166 g/mol. The van der Waals surface area contributed by atoms with Gasteiger partial charge in [0.15, 0.2) is 0 Å². The first-order chi connectivity index (χ1) is 5.74. The zero-order valence-corrected chi connectivity index (χ0v) is 6.27. The van der Waals surface area contributed by atoms with Crippen molar-refractivity contribution in [2.75, 3.05) is 6.61 Å². The number of nitrogens with zero attached hydrogens (tertiary/aromatic N) is 2. The highest BCUT2D eigenvalue weighted by atomic mass is 16.2. The Morgan fingerprint density at radius 3 is 2.58 bits per heavy atom. The van der Waals surface area contributed by atoms with E-state index in [1.807, 2.05) is 0 Å². The predicted molar refractivity (Wildman–Crippen MR) is 41.0 cm³/mol. The lowest BCUT2D eigenvalue weighted by molar-refractivity contribution is 0.0990. The third kappa shape index (κ3) is 2.00. The maximum atomic E-state index is 10.5. The lowest BCUT2D eigenvalue weighted by Crippen LogP contribution is -2.15. The summed E-state index contributed by atoms with van der Waals surface area (Å²) >= 11 is 0. The second-order valence-electron chi connectivity index (χ2n) is 2.09. The molecule has 5 nitrogen and oxygen atoms in total. The summed E-state index contributed by atoms with van der Waals surface area (Å²) in [5, 5.41) is 8.50. The molecule has 1 aromatic rings. The summed E-state index contributed by atoms with van der Waals surface area (Å²) < 4.78 is 0. The predicted octanol–water partition coefficient (Wildman–Crippen LogP) is -0.880. The van der Waals surface area contributed by atoms with E-state index in [0.29, 0.717) is 5.56 Å². The van der Waals surface area contributed by atoms with Crippen LogP contribution in [0.3, 0.4) is 0 Å². The lowest BCUT2D eigenvalue weighted by Gasteiger charge is -1.96. The largest absolute Gasteiger partial charge is 0.396 e. The van der Waals surface area contributed by atoms with Crippen LogP contribution in [-0.2, 0) is 0 Å². The van der Waals surface area contributed by atoms with Gasteiger partial charge in [0.1, 0.15) is 0 Å². The highest BCUT2D eigenvalue weighted by Crippen LogP contribution is 1.97. The van der Waals surface area contributed by atoms with Crippen LogP contribution >= 0.6 is 0 Å². The normalized spacial score (nSPS) is 9.75. The molecule has 0 aliphatic rings. The van der Waals surface area contributed by atoms with E-state index in [1.54, 1.807) is 0 Å². The average Bonchev–Trinajstić information content (AvgIpc) is 2.06. The van der Waals surface area contributed by atoms with Gasteiger partial charge < -0.3 is 10.8 Å². The van der Waals surface area contributed by atoms with Crippen molar-refractivity contribution in [3.63, 3.8) is 0 Å². The highest BCUT2D eigenvalue weighted by Gasteiger charge is 2.02. The van der Waals surface area contributed by atoms with E-state index in [-0.39, 0.29) is 12.4 Å². The van der Waals surface area contributed by atoms with Crippen molar-refractivity contribution in [3.8, 4) is 0 Å². The average molecular weight is 166 g/mol. The Morgan fingerprint density at radius 1 is 1.58 bits per heavy atom. The Morgan fingerprint density at radius 2 is 2.17 bits per heavy atom. The minimum absolute atomic E-state index is 0.0231. The van der Waals surface area contributed by atoms with Gasteiger partial charge in [0.25, 0.3) is 5.91 Å². The Kier molecular flexibility index (Phi) is 2.71. The van der Waals surface area contributed by atoms with Crippen molar-refractivity contribution in [2.45, 2.75) is 0 Å². The zero-order valence-electron chi connectivity index (χ0n) is 6.27. The molecular formula is C7H8N3O2. The van der Waals surface area contributed by atoms with Crippen molar-refractivity contribution < 1.29 is 9.90 Å². The van der Waals surface area contributed by atoms with Crippen molar-refractivity contribution >= 4 is 5.91 Å². The number of nitrogens with two attached hydrogens (primary N) is 1. The molecule has 0 bridgehead atoms. The first kappa shape index (κ1) is 8.61. The topological polar surface area (TPSA) is 89.1 Å². The maximum absolute atomic E-state index is 10.5. The van der Waals surface area contributed by atoms with E-state index >= 15 is 0 Å². The van der Waals surface area contributed by atoms with Gasteiger partial charge >= 0.3 is 0 Å². The number of aromatic nitrogens is 2. The fourth-order valence-electron chi connectivity index (χ4n) is 0.676. The third-order valence-corrected chi connectivity index (χ3v) is 1.22. The molecule has 1 amide bonds. The van der Waals surface area contributed by atoms with E-state index in [1.165, 1.54) is 18.8 Å². The van der Waals surface area contributed by atoms with Gasteiger partial charge in [-0.1, -0.05) is 0 Å². The molecule has 0 aliphatic carbocycles. The molecule has 3 N–H and O–H groups in total. The smallest absolute Gasteiger partial charge is 0.286 e. The Hall–Kier alpha value is -1.49. The van der Waals surface area contributed by atoms with Gasteiger partial charge in [0.05, 0.1) is 6.61 Å². The molecule has 0 atom stereocenters. The van der Waals surface area contributed by atoms with E-state index in [2.05, 4.69) is 9.97 Å². The number of aliphatic hydroxyl groups excluding tert-OH is 1. The molecule has 1 radical (unpaired) electrons. The molecule has 0 fully saturated rings. The summed E-state index contributed by atoms with van der Waals surface area (Å²) in [6.07, 6.45) is 4.36. The van der Waals surface area contributed by atoms with Gasteiger partial charge in [0, 0.05) is 18.8 Å². The fraction of sp³-hybridized carbons (Fsp3) is 0.143. The van der Waals surface area contributed by atoms with Gasteiger partial charge in [0.2, 0.25) is 5.82 Å². The summed E-state index contributed by atoms with van der Waals surface area (Å²) in [5.74, 6) is -0.685. The van der Waals surface area contributed by atoms with E-state index in [0.717, 1.165) is 0 Å². The van der Waals surface area contributed by atoms with Crippen LogP contribution in [0.5, 0.6) is 0 Å². The summed E-state index contributed by atoms with van der Waals surface area (Å²) in [7, 11) is 0. The highest BCUT2D eigenvalue weighted by molar-refractivity contribution is 5.88. The standard InChI is InChI=1S/C7H8N3O2/c8-6(12)7-9-3-5(1-2-11)4-10-7/h1,3-4,11H,2H2,(H2,8,12). The SMILES string of the molecule is NC(=O)c1ncc([CH]CO)cn1. The van der Waals surface area contributed by atoms with Crippen LogP contribution in [0.1, 0.15) is 16.2 Å². The van der Waals surface area contributed by atoms with Gasteiger partial charge in [-0.05, 0) is 5.56 Å². The molecule has 5 heteroatoms. The molecule has 0 saturated carbocycles. The summed E-state index contributed by atoms with van der Waals surface area (Å²) in [4.78, 5) is 17.8. The molecule has 0 spiro atoms. The number of carbonyl (C=O) groups is 1. The second-order valence-corrected chi connectivity index (χ2v) is 2.09. The molecule has 0 unspecified atom stereocenters. The quantitative estimate of drug-likeness (QED) is 0.610. The summed E-state index contributed by atoms with van der Waals surface area (Å²) in [6, 6.07) is 0. The van der Waals surface area contributed by atoms with Crippen LogP contribution in [0.15, 0.2) is 12.4 Å². The first-order valence-corrected chi connectivity index (χ1v) is 3.30. The molecule has 0 aliphatic heterocycles. The van der Waals surface area contributed by atoms with Gasteiger partial charge in [-0.15, -0.1) is 0 Å². The Labute approximate surface area is 69.3 Å². The van der Waals surface area contributed by atoms with Crippen molar-refractivity contribution in [1.82, 2.24) is 9.97 Å². The fourth-order valence-corrected chi connectivity index (χ4v) is 0.676. The zero-order chi connectivity index (χ0) is 8.97. The van der Waals surface area contributed by atoms with Crippen LogP contribution < -0.4 is 5.73 Å². The molecule has 1 rings (SSSR count). The number of hydrogen-bond donors (Lipinski definition) is 2. The Balaban J connectivity index is 2.78. The number of amides is 1. The molecule has 1 heterocycles. The molecule has 0 saturated heterocycles. The number of aliphatic hydroxyl groups is 1. The second kappa shape index (κ2) is 3.77. The van der Waals surface area contributed by atoms with Gasteiger partial charge in [-0.3, -0.25) is 4.79 Å². The number of rotatable bonds is 3. The Bertz CT molecular complexity index is 270. The van der Waals surface area contributed by atoms with Crippen molar-refractivity contribution in [2.24, 2.45) is 5.73 Å². The van der Waals surface area contributed by atoms with Gasteiger partial charge in [-0.25, -0.2) is 9.97 Å². The molecular weight excluding hydrogens is 158 g/mol. The van der Waals surface area contributed by atoms with Gasteiger partial charge in [-0.2, -0.15) is 0 Å². The molecule has 12 heavy (non-hydrogen) atoms. The van der Waals surface area contributed by atoms with E-state index in [9.17, 15) is 4.79 Å². The van der Waals surface area contributed by atoms with Crippen LogP contribution in [0.2, 0.25) is 0 Å². The van der Waals surface area contributed by atoms with Crippen LogP contribution in [0.25, 0.3) is 0 Å². The minimum Gasteiger partial charge on any atom is -0.396 e. The minimum atomic E-state index is -0.662. The molecule has 0 aromatic carbocycles. The maximum Gasteiger partial charge on any atom is 0.286 e. The van der Waals surface area contributed by atoms with Crippen molar-refractivity contribution in [3.05, 3.63) is 30.2 Å². The summed E-state index contributed by atoms with van der Waals surface area (Å²) in [5.41, 5.74) is 5.57. The van der Waals surface area contributed by atoms with Crippen molar-refractivity contribution in [1.29, 1.82) is 0 Å². The van der Waals surface area contributed by atoms with Crippen LogP contribution in [-0.4, -0.2) is 27.6 Å². The molecule has 63 valence electrons. The number of hydrogen-bond acceptors (Lipinski definition) is 4. The number of primary amides is 1. The van der Waals surface area contributed by atoms with E-state index < -0.39 is 5.91 Å².